The van der Waals surface area contributed by atoms with E-state index < -0.39 is 0 Å². The van der Waals surface area contributed by atoms with Crippen molar-refractivity contribution < 1.29 is 14.3 Å². The lowest BCUT2D eigenvalue weighted by atomic mass is 9.94. The van der Waals surface area contributed by atoms with Gasteiger partial charge in [0.25, 0.3) is 0 Å². The predicted molar refractivity (Wildman–Crippen MR) is 68.4 cm³/mol. The van der Waals surface area contributed by atoms with Crippen molar-refractivity contribution in [3.05, 3.63) is 0 Å². The lowest BCUT2D eigenvalue weighted by Crippen LogP contribution is -2.53. The van der Waals surface area contributed by atoms with Gasteiger partial charge in [-0.25, -0.2) is 0 Å². The Morgan fingerprint density at radius 2 is 2.22 bits per heavy atom. The van der Waals surface area contributed by atoms with Gasteiger partial charge in [-0.1, -0.05) is 0 Å². The Hall–Kier alpha value is -0.650. The first-order valence-corrected chi connectivity index (χ1v) is 6.68. The van der Waals surface area contributed by atoms with Crippen LogP contribution in [-0.2, 0) is 14.3 Å². The second-order valence-electron chi connectivity index (χ2n) is 5.57. The molecule has 104 valence electrons. The summed E-state index contributed by atoms with van der Waals surface area (Å²) in [7, 11) is 3.42. The highest BCUT2D eigenvalue weighted by Crippen LogP contribution is 2.25. The van der Waals surface area contributed by atoms with E-state index >= 15 is 0 Å². The van der Waals surface area contributed by atoms with Crippen molar-refractivity contribution >= 4 is 5.91 Å². The average Bonchev–Trinajstić information content (AvgIpc) is 2.86. The van der Waals surface area contributed by atoms with Crippen LogP contribution in [0.1, 0.15) is 26.2 Å². The van der Waals surface area contributed by atoms with Crippen molar-refractivity contribution in [3.63, 3.8) is 0 Å². The summed E-state index contributed by atoms with van der Waals surface area (Å²) >= 11 is 0. The summed E-state index contributed by atoms with van der Waals surface area (Å²) in [4.78, 5) is 14.4. The molecular formula is C13H24N2O3. The molecule has 0 spiro atoms. The van der Waals surface area contributed by atoms with E-state index in [1.54, 1.807) is 14.2 Å². The molecule has 0 aromatic rings. The second kappa shape index (κ2) is 5.55. The van der Waals surface area contributed by atoms with Crippen molar-refractivity contribution in [1.29, 1.82) is 0 Å². The van der Waals surface area contributed by atoms with E-state index in [4.69, 9.17) is 9.47 Å². The van der Waals surface area contributed by atoms with Gasteiger partial charge in [-0.15, -0.1) is 0 Å². The molecule has 2 saturated heterocycles. The number of rotatable bonds is 3. The molecular weight excluding hydrogens is 232 g/mol. The zero-order valence-corrected chi connectivity index (χ0v) is 11.6. The van der Waals surface area contributed by atoms with Gasteiger partial charge < -0.3 is 19.7 Å². The molecule has 3 unspecified atom stereocenters. The van der Waals surface area contributed by atoms with E-state index in [2.05, 4.69) is 12.2 Å². The monoisotopic (exact) mass is 256 g/mol. The van der Waals surface area contributed by atoms with E-state index in [1.165, 1.54) is 0 Å². The summed E-state index contributed by atoms with van der Waals surface area (Å²) in [6.07, 6.45) is 2.97. The van der Waals surface area contributed by atoms with Gasteiger partial charge in [-0.2, -0.15) is 0 Å². The summed E-state index contributed by atoms with van der Waals surface area (Å²) < 4.78 is 10.8. The van der Waals surface area contributed by atoms with Gasteiger partial charge in [-0.3, -0.25) is 4.79 Å². The first kappa shape index (κ1) is 13.8. The van der Waals surface area contributed by atoms with E-state index in [9.17, 15) is 4.79 Å². The highest BCUT2D eigenvalue weighted by atomic mass is 16.5. The molecule has 5 heteroatoms. The van der Waals surface area contributed by atoms with Crippen LogP contribution in [0.2, 0.25) is 0 Å². The smallest absolute Gasteiger partial charge is 0.239 e. The minimum absolute atomic E-state index is 0.0887. The standard InChI is InChI=1S/C13H24N2O3/c1-13(18-3)5-4-6-15(9-13)12(16)11-7-10(17-2)8-14-11/h10-11,14H,4-9H2,1-3H3. The molecule has 0 bridgehead atoms. The number of hydrogen-bond donors (Lipinski definition) is 1. The maximum absolute atomic E-state index is 12.4. The lowest BCUT2D eigenvalue weighted by Gasteiger charge is -2.40. The zero-order valence-electron chi connectivity index (χ0n) is 11.6. The van der Waals surface area contributed by atoms with Crippen molar-refractivity contribution in [2.75, 3.05) is 33.9 Å². The fourth-order valence-electron chi connectivity index (χ4n) is 2.85. The molecule has 0 radical (unpaired) electrons. The van der Waals surface area contributed by atoms with Crippen LogP contribution in [-0.4, -0.2) is 62.4 Å². The average molecular weight is 256 g/mol. The van der Waals surface area contributed by atoms with E-state index in [0.717, 1.165) is 32.4 Å². The van der Waals surface area contributed by atoms with Gasteiger partial charge in [0.1, 0.15) is 0 Å². The SMILES string of the molecule is COC1CNC(C(=O)N2CCCC(C)(OC)C2)C1. The summed E-state index contributed by atoms with van der Waals surface area (Å²) in [6, 6.07) is -0.0887. The Kier molecular flexibility index (Phi) is 4.25. The van der Waals surface area contributed by atoms with Gasteiger partial charge in [-0.05, 0) is 26.2 Å². The van der Waals surface area contributed by atoms with Gasteiger partial charge in [0.2, 0.25) is 5.91 Å². The van der Waals surface area contributed by atoms with Gasteiger partial charge in [0.05, 0.1) is 17.7 Å². The number of ether oxygens (including phenoxy) is 2. The summed E-state index contributed by atoms with van der Waals surface area (Å²) in [5, 5.41) is 3.24. The topological polar surface area (TPSA) is 50.8 Å². The number of methoxy groups -OCH3 is 2. The number of amides is 1. The quantitative estimate of drug-likeness (QED) is 0.793. The Bertz CT molecular complexity index is 311. The number of piperidine rings is 1. The third kappa shape index (κ3) is 2.84. The van der Waals surface area contributed by atoms with E-state index in [-0.39, 0.29) is 23.7 Å². The molecule has 5 nitrogen and oxygen atoms in total. The Labute approximate surface area is 109 Å². The molecule has 2 rings (SSSR count). The van der Waals surface area contributed by atoms with Crippen molar-refractivity contribution in [3.8, 4) is 0 Å². The van der Waals surface area contributed by atoms with Crippen LogP contribution >= 0.6 is 0 Å². The van der Waals surface area contributed by atoms with Gasteiger partial charge in [0.15, 0.2) is 0 Å². The summed E-state index contributed by atoms with van der Waals surface area (Å²) in [5.41, 5.74) is -0.187. The third-order valence-electron chi connectivity index (χ3n) is 4.19. The number of carbonyl (C=O) groups is 1. The molecule has 2 fully saturated rings. The number of likely N-dealkylation sites (tertiary alicyclic amines) is 1. The highest BCUT2D eigenvalue weighted by Gasteiger charge is 2.37. The largest absolute Gasteiger partial charge is 0.380 e. The van der Waals surface area contributed by atoms with Gasteiger partial charge >= 0.3 is 0 Å². The Morgan fingerprint density at radius 1 is 1.44 bits per heavy atom. The number of nitrogens with one attached hydrogen (secondary N) is 1. The zero-order chi connectivity index (χ0) is 13.2. The summed E-state index contributed by atoms with van der Waals surface area (Å²) in [5.74, 6) is 0.192. The van der Waals surface area contributed by atoms with Crippen LogP contribution in [0.4, 0.5) is 0 Å². The number of carbonyl (C=O) groups excluding carboxylic acids is 1. The van der Waals surface area contributed by atoms with E-state index in [0.29, 0.717) is 6.54 Å². The first-order chi connectivity index (χ1) is 8.58. The molecule has 0 aromatic heterocycles. The number of hydrogen-bond acceptors (Lipinski definition) is 4. The molecule has 0 saturated carbocycles. The van der Waals surface area contributed by atoms with Crippen LogP contribution in [0.15, 0.2) is 0 Å². The molecule has 0 aliphatic carbocycles. The predicted octanol–water partition coefficient (Wildman–Crippen LogP) is 0.391. The lowest BCUT2D eigenvalue weighted by molar-refractivity contribution is -0.141. The first-order valence-electron chi connectivity index (χ1n) is 6.68. The maximum Gasteiger partial charge on any atom is 0.239 e. The molecule has 1 amide bonds. The molecule has 2 aliphatic heterocycles. The third-order valence-corrected chi connectivity index (χ3v) is 4.19. The molecule has 3 atom stereocenters. The van der Waals surface area contributed by atoms with Crippen LogP contribution in [0, 0.1) is 0 Å². The normalized spacial score (nSPS) is 36.9. The fraction of sp³-hybridized carbons (Fsp3) is 0.923. The van der Waals surface area contributed by atoms with Gasteiger partial charge in [0, 0.05) is 33.9 Å². The second-order valence-corrected chi connectivity index (χ2v) is 5.57. The highest BCUT2D eigenvalue weighted by molar-refractivity contribution is 5.82. The van der Waals surface area contributed by atoms with Crippen LogP contribution < -0.4 is 5.32 Å². The number of nitrogens with zero attached hydrogens (tertiary/aromatic N) is 1. The molecule has 2 heterocycles. The van der Waals surface area contributed by atoms with Crippen LogP contribution in [0.3, 0.4) is 0 Å². The van der Waals surface area contributed by atoms with Crippen molar-refractivity contribution in [2.45, 2.75) is 43.9 Å². The van der Waals surface area contributed by atoms with Crippen LogP contribution in [0.5, 0.6) is 0 Å². The molecule has 2 aliphatic rings. The van der Waals surface area contributed by atoms with E-state index in [1.807, 2.05) is 4.90 Å². The fourth-order valence-corrected chi connectivity index (χ4v) is 2.85. The minimum Gasteiger partial charge on any atom is -0.380 e. The summed E-state index contributed by atoms with van der Waals surface area (Å²) in [6.45, 7) is 4.38. The molecule has 18 heavy (non-hydrogen) atoms. The minimum atomic E-state index is -0.187. The van der Waals surface area contributed by atoms with Crippen molar-refractivity contribution in [1.82, 2.24) is 10.2 Å². The van der Waals surface area contributed by atoms with Crippen LogP contribution in [0.25, 0.3) is 0 Å². The maximum atomic E-state index is 12.4. The Morgan fingerprint density at radius 3 is 2.83 bits per heavy atom. The molecule has 1 N–H and O–H groups in total. The van der Waals surface area contributed by atoms with Crippen molar-refractivity contribution in [2.24, 2.45) is 0 Å². The molecule has 0 aromatic carbocycles. The Balaban J connectivity index is 1.93.